The largest absolute Gasteiger partial charge is 0.483 e. The number of hydrogen-bond donors (Lipinski definition) is 2. The smallest absolute Gasteiger partial charge is 0.258 e. The highest BCUT2D eigenvalue weighted by Crippen LogP contribution is 2.27. The number of primary sulfonamides is 1. The third-order valence-corrected chi connectivity index (χ3v) is 4.06. The van der Waals surface area contributed by atoms with Gasteiger partial charge in [-0.2, -0.15) is 0 Å². The predicted molar refractivity (Wildman–Crippen MR) is 72.2 cm³/mol. The van der Waals surface area contributed by atoms with Crippen molar-refractivity contribution in [3.05, 3.63) is 22.7 Å². The van der Waals surface area contributed by atoms with Crippen molar-refractivity contribution < 1.29 is 17.9 Å². The fourth-order valence-electron chi connectivity index (χ4n) is 1.42. The highest BCUT2D eigenvalue weighted by Gasteiger charge is 2.23. The third-order valence-electron chi connectivity index (χ3n) is 2.53. The number of nitrogens with one attached hydrogen (secondary N) is 1. The molecule has 1 aliphatic carbocycles. The number of carbonyl (C=O) groups is 1. The highest BCUT2D eigenvalue weighted by atomic mass is 79.9. The van der Waals surface area contributed by atoms with E-state index in [1.54, 1.807) is 0 Å². The van der Waals surface area contributed by atoms with Gasteiger partial charge in [0, 0.05) is 6.04 Å². The summed E-state index contributed by atoms with van der Waals surface area (Å²) in [6.45, 7) is -0.107. The quantitative estimate of drug-likeness (QED) is 0.820. The Morgan fingerprint density at radius 3 is 2.68 bits per heavy atom. The standard InChI is InChI=1S/C11H13BrN2O4S/c12-9-5-8(19(13,16)17)3-4-10(9)18-6-11(15)14-7-1-2-7/h3-5,7H,1-2,6H2,(H,14,15)(H2,13,16,17). The molecule has 8 heteroatoms. The van der Waals surface area contributed by atoms with Gasteiger partial charge in [0.2, 0.25) is 10.0 Å². The lowest BCUT2D eigenvalue weighted by Crippen LogP contribution is -2.30. The lowest BCUT2D eigenvalue weighted by molar-refractivity contribution is -0.123. The first-order chi connectivity index (χ1) is 8.86. The Labute approximate surface area is 119 Å². The van der Waals surface area contributed by atoms with Crippen molar-refractivity contribution in [2.24, 2.45) is 5.14 Å². The van der Waals surface area contributed by atoms with Gasteiger partial charge >= 0.3 is 0 Å². The van der Waals surface area contributed by atoms with E-state index in [-0.39, 0.29) is 23.5 Å². The topological polar surface area (TPSA) is 98.5 Å². The second-order valence-electron chi connectivity index (χ2n) is 4.27. The van der Waals surface area contributed by atoms with Gasteiger partial charge in [0.1, 0.15) is 5.75 Å². The van der Waals surface area contributed by atoms with Crippen LogP contribution in [0.25, 0.3) is 0 Å². The molecule has 0 radical (unpaired) electrons. The van der Waals surface area contributed by atoms with Gasteiger partial charge in [-0.15, -0.1) is 0 Å². The molecule has 0 unspecified atom stereocenters. The Hall–Kier alpha value is -1.12. The zero-order valence-electron chi connectivity index (χ0n) is 9.93. The molecule has 19 heavy (non-hydrogen) atoms. The van der Waals surface area contributed by atoms with Gasteiger partial charge in [-0.25, -0.2) is 13.6 Å². The average Bonchev–Trinajstić information content (AvgIpc) is 3.10. The first kappa shape index (κ1) is 14.3. The summed E-state index contributed by atoms with van der Waals surface area (Å²) in [6.07, 6.45) is 2.02. The SMILES string of the molecule is NS(=O)(=O)c1ccc(OCC(=O)NC2CC2)c(Br)c1. The maximum atomic E-state index is 11.4. The Morgan fingerprint density at radius 2 is 2.16 bits per heavy atom. The van der Waals surface area contributed by atoms with Crippen molar-refractivity contribution in [3.8, 4) is 5.75 Å². The number of nitrogens with two attached hydrogens (primary N) is 1. The number of rotatable bonds is 5. The third kappa shape index (κ3) is 4.19. The lowest BCUT2D eigenvalue weighted by Gasteiger charge is -2.09. The van der Waals surface area contributed by atoms with Crippen LogP contribution in [0.3, 0.4) is 0 Å². The van der Waals surface area contributed by atoms with Crippen molar-refractivity contribution in [2.45, 2.75) is 23.8 Å². The molecule has 1 saturated carbocycles. The summed E-state index contributed by atoms with van der Waals surface area (Å²) in [6, 6.07) is 4.40. The highest BCUT2D eigenvalue weighted by molar-refractivity contribution is 9.10. The van der Waals surface area contributed by atoms with E-state index in [1.807, 2.05) is 0 Å². The Kier molecular flexibility index (Phi) is 4.12. The average molecular weight is 349 g/mol. The molecule has 0 aromatic heterocycles. The van der Waals surface area contributed by atoms with Gasteiger partial charge in [0.25, 0.3) is 5.91 Å². The van der Waals surface area contributed by atoms with E-state index in [0.29, 0.717) is 10.2 Å². The van der Waals surface area contributed by atoms with Crippen LogP contribution in [0.4, 0.5) is 0 Å². The van der Waals surface area contributed by atoms with Gasteiger partial charge in [-0.1, -0.05) is 0 Å². The summed E-state index contributed by atoms with van der Waals surface area (Å²) in [4.78, 5) is 11.4. The summed E-state index contributed by atoms with van der Waals surface area (Å²) < 4.78 is 28.0. The number of hydrogen-bond acceptors (Lipinski definition) is 4. The molecular weight excluding hydrogens is 336 g/mol. The van der Waals surface area contributed by atoms with Crippen LogP contribution in [0.1, 0.15) is 12.8 Å². The second kappa shape index (κ2) is 5.48. The van der Waals surface area contributed by atoms with E-state index in [9.17, 15) is 13.2 Å². The number of ether oxygens (including phenoxy) is 1. The van der Waals surface area contributed by atoms with Crippen LogP contribution in [-0.4, -0.2) is 27.0 Å². The zero-order valence-corrected chi connectivity index (χ0v) is 12.3. The molecule has 1 amide bonds. The van der Waals surface area contributed by atoms with Crippen molar-refractivity contribution in [2.75, 3.05) is 6.61 Å². The molecule has 0 heterocycles. The zero-order chi connectivity index (χ0) is 14.0. The minimum absolute atomic E-state index is 0.0193. The summed E-state index contributed by atoms with van der Waals surface area (Å²) >= 11 is 3.18. The van der Waals surface area contributed by atoms with Gasteiger partial charge < -0.3 is 10.1 Å². The fraction of sp³-hybridized carbons (Fsp3) is 0.364. The Balaban J connectivity index is 1.98. The minimum atomic E-state index is -3.75. The Morgan fingerprint density at radius 1 is 1.47 bits per heavy atom. The molecule has 0 atom stereocenters. The summed E-state index contributed by atoms with van der Waals surface area (Å²) in [5.74, 6) is 0.197. The molecular formula is C11H13BrN2O4S. The van der Waals surface area contributed by atoms with E-state index in [1.165, 1.54) is 18.2 Å². The first-order valence-corrected chi connectivity index (χ1v) is 7.95. The van der Waals surface area contributed by atoms with Crippen molar-refractivity contribution in [1.82, 2.24) is 5.32 Å². The second-order valence-corrected chi connectivity index (χ2v) is 6.68. The Bertz CT molecular complexity index is 599. The van der Waals surface area contributed by atoms with Crippen LogP contribution < -0.4 is 15.2 Å². The molecule has 0 spiro atoms. The van der Waals surface area contributed by atoms with E-state index in [4.69, 9.17) is 9.88 Å². The van der Waals surface area contributed by atoms with Gasteiger partial charge in [-0.05, 0) is 47.0 Å². The van der Waals surface area contributed by atoms with Crippen LogP contribution in [-0.2, 0) is 14.8 Å². The minimum Gasteiger partial charge on any atom is -0.483 e. The van der Waals surface area contributed by atoms with E-state index in [2.05, 4.69) is 21.2 Å². The van der Waals surface area contributed by atoms with Crippen LogP contribution in [0, 0.1) is 0 Å². The molecule has 0 bridgehead atoms. The van der Waals surface area contributed by atoms with Crippen LogP contribution >= 0.6 is 15.9 Å². The number of amides is 1. The predicted octanol–water partition coefficient (Wildman–Crippen LogP) is 0.754. The normalized spacial score (nSPS) is 15.1. The van der Waals surface area contributed by atoms with Gasteiger partial charge in [-0.3, -0.25) is 4.79 Å². The lowest BCUT2D eigenvalue weighted by atomic mass is 10.3. The summed E-state index contributed by atoms with van der Waals surface area (Å²) in [5.41, 5.74) is 0. The molecule has 1 aromatic rings. The molecule has 1 aliphatic rings. The van der Waals surface area contributed by atoms with Crippen molar-refractivity contribution in [1.29, 1.82) is 0 Å². The summed E-state index contributed by atoms with van der Waals surface area (Å²) in [5, 5.41) is 7.79. The first-order valence-electron chi connectivity index (χ1n) is 5.61. The van der Waals surface area contributed by atoms with Crippen LogP contribution in [0.2, 0.25) is 0 Å². The molecule has 3 N–H and O–H groups in total. The number of halogens is 1. The molecule has 0 saturated heterocycles. The van der Waals surface area contributed by atoms with E-state index >= 15 is 0 Å². The number of sulfonamides is 1. The maximum absolute atomic E-state index is 11.4. The van der Waals surface area contributed by atoms with Crippen LogP contribution in [0.15, 0.2) is 27.6 Å². The molecule has 2 rings (SSSR count). The van der Waals surface area contributed by atoms with Gasteiger partial charge in [0.15, 0.2) is 6.61 Å². The number of benzene rings is 1. The maximum Gasteiger partial charge on any atom is 0.258 e. The number of carbonyl (C=O) groups excluding carboxylic acids is 1. The van der Waals surface area contributed by atoms with Gasteiger partial charge in [0.05, 0.1) is 9.37 Å². The monoisotopic (exact) mass is 348 g/mol. The molecule has 6 nitrogen and oxygen atoms in total. The van der Waals surface area contributed by atoms with Crippen molar-refractivity contribution in [3.63, 3.8) is 0 Å². The molecule has 0 aliphatic heterocycles. The van der Waals surface area contributed by atoms with E-state index < -0.39 is 10.0 Å². The molecule has 1 aromatic carbocycles. The van der Waals surface area contributed by atoms with Crippen molar-refractivity contribution >= 4 is 31.9 Å². The molecule has 104 valence electrons. The molecule has 1 fully saturated rings. The van der Waals surface area contributed by atoms with E-state index in [0.717, 1.165) is 12.8 Å². The fourth-order valence-corrected chi connectivity index (χ4v) is 2.60. The summed E-state index contributed by atoms with van der Waals surface area (Å²) in [7, 11) is -3.75. The van der Waals surface area contributed by atoms with Crippen LogP contribution in [0.5, 0.6) is 5.75 Å².